The minimum absolute atomic E-state index is 0.0488. The third kappa shape index (κ3) is 2.81. The van der Waals surface area contributed by atoms with Crippen molar-refractivity contribution in [3.05, 3.63) is 0 Å². The maximum atomic E-state index is 10.7. The summed E-state index contributed by atoms with van der Waals surface area (Å²) in [5.74, 6) is -0.268. The molecule has 0 aliphatic heterocycles. The van der Waals surface area contributed by atoms with Crippen LogP contribution in [0.4, 0.5) is 0 Å². The zero-order valence-electron chi connectivity index (χ0n) is 7.89. The smallest absolute Gasteiger partial charge is 0.221 e. The van der Waals surface area contributed by atoms with Crippen LogP contribution < -0.4 is 11.1 Å². The average Bonchev–Trinajstić information content (AvgIpc) is 2.68. The molecule has 0 aromatic carbocycles. The van der Waals surface area contributed by atoms with Crippen molar-refractivity contribution < 1.29 is 4.79 Å². The fourth-order valence-corrected chi connectivity index (χ4v) is 1.08. The maximum Gasteiger partial charge on any atom is 0.221 e. The Balaban J connectivity index is 2.05. The second kappa shape index (κ2) is 3.44. The summed E-state index contributed by atoms with van der Waals surface area (Å²) < 4.78 is 0. The van der Waals surface area contributed by atoms with Gasteiger partial charge in [-0.2, -0.15) is 0 Å². The Morgan fingerprint density at radius 1 is 1.67 bits per heavy atom. The molecule has 1 atom stereocenters. The summed E-state index contributed by atoms with van der Waals surface area (Å²) in [6.45, 7) is 5.84. The van der Waals surface area contributed by atoms with Gasteiger partial charge in [0.15, 0.2) is 0 Å². The van der Waals surface area contributed by atoms with Crippen LogP contribution in [0.5, 0.6) is 0 Å². The van der Waals surface area contributed by atoms with Crippen LogP contribution in [-0.2, 0) is 4.79 Å². The zero-order chi connectivity index (χ0) is 9.19. The topological polar surface area (TPSA) is 55.1 Å². The van der Waals surface area contributed by atoms with Crippen molar-refractivity contribution in [3.63, 3.8) is 0 Å². The van der Waals surface area contributed by atoms with E-state index in [9.17, 15) is 4.79 Å². The highest BCUT2D eigenvalue weighted by Gasteiger charge is 2.36. The molecule has 0 aromatic rings. The molecule has 1 aliphatic rings. The summed E-state index contributed by atoms with van der Waals surface area (Å²) >= 11 is 0. The highest BCUT2D eigenvalue weighted by molar-refractivity contribution is 5.76. The Morgan fingerprint density at radius 3 is 2.67 bits per heavy atom. The van der Waals surface area contributed by atoms with Crippen molar-refractivity contribution in [2.75, 3.05) is 13.1 Å². The number of hydrogen-bond donors (Lipinski definition) is 2. The van der Waals surface area contributed by atoms with E-state index in [4.69, 9.17) is 5.73 Å². The van der Waals surface area contributed by atoms with Crippen molar-refractivity contribution in [1.82, 2.24) is 5.32 Å². The molecule has 1 amide bonds. The summed E-state index contributed by atoms with van der Waals surface area (Å²) in [5, 5.41) is 3.27. The Kier molecular flexibility index (Phi) is 2.73. The standard InChI is InChI=1S/C9H18N2O/c1-7(8(10)12)5-11-6-9(2)3-4-9/h7,11H,3-6H2,1-2H3,(H2,10,12). The van der Waals surface area contributed by atoms with Crippen molar-refractivity contribution >= 4 is 5.91 Å². The third-order valence-electron chi connectivity index (χ3n) is 2.59. The molecule has 3 N–H and O–H groups in total. The monoisotopic (exact) mass is 170 g/mol. The quantitative estimate of drug-likeness (QED) is 0.631. The predicted octanol–water partition coefficient (Wildman–Crippen LogP) is 0.497. The lowest BCUT2D eigenvalue weighted by Crippen LogP contribution is -2.33. The van der Waals surface area contributed by atoms with Crippen LogP contribution in [0.1, 0.15) is 26.7 Å². The summed E-state index contributed by atoms with van der Waals surface area (Å²) in [7, 11) is 0. The number of carbonyl (C=O) groups is 1. The molecule has 1 rings (SSSR count). The fraction of sp³-hybridized carbons (Fsp3) is 0.889. The number of primary amides is 1. The summed E-state index contributed by atoms with van der Waals surface area (Å²) in [6.07, 6.45) is 2.62. The van der Waals surface area contributed by atoms with E-state index in [2.05, 4.69) is 12.2 Å². The number of nitrogens with two attached hydrogens (primary N) is 1. The first-order valence-electron chi connectivity index (χ1n) is 4.53. The molecular weight excluding hydrogens is 152 g/mol. The molecular formula is C9H18N2O. The van der Waals surface area contributed by atoms with Gasteiger partial charge in [0.05, 0.1) is 0 Å². The van der Waals surface area contributed by atoms with Gasteiger partial charge >= 0.3 is 0 Å². The predicted molar refractivity (Wildman–Crippen MR) is 48.6 cm³/mol. The fourth-order valence-electron chi connectivity index (χ4n) is 1.08. The highest BCUT2D eigenvalue weighted by atomic mass is 16.1. The van der Waals surface area contributed by atoms with Gasteiger partial charge in [0.25, 0.3) is 0 Å². The molecule has 1 unspecified atom stereocenters. The summed E-state index contributed by atoms with van der Waals surface area (Å²) in [4.78, 5) is 10.7. The van der Waals surface area contributed by atoms with E-state index >= 15 is 0 Å². The second-order valence-electron chi connectivity index (χ2n) is 4.24. The largest absolute Gasteiger partial charge is 0.369 e. The maximum absolute atomic E-state index is 10.7. The molecule has 0 aromatic heterocycles. The number of rotatable bonds is 5. The van der Waals surface area contributed by atoms with Crippen LogP contribution in [0.3, 0.4) is 0 Å². The first kappa shape index (κ1) is 9.52. The Morgan fingerprint density at radius 2 is 2.25 bits per heavy atom. The lowest BCUT2D eigenvalue weighted by molar-refractivity contribution is -0.121. The van der Waals surface area contributed by atoms with E-state index in [1.807, 2.05) is 6.92 Å². The molecule has 70 valence electrons. The van der Waals surface area contributed by atoms with Gasteiger partial charge in [0, 0.05) is 19.0 Å². The molecule has 3 heteroatoms. The lowest BCUT2D eigenvalue weighted by atomic mass is 10.1. The SMILES string of the molecule is CC(CNCC1(C)CC1)C(N)=O. The molecule has 0 bridgehead atoms. The Bertz CT molecular complexity index is 175. The molecule has 1 saturated carbocycles. The van der Waals surface area contributed by atoms with E-state index < -0.39 is 0 Å². The summed E-state index contributed by atoms with van der Waals surface area (Å²) in [6, 6.07) is 0. The van der Waals surface area contributed by atoms with Crippen molar-refractivity contribution in [1.29, 1.82) is 0 Å². The first-order valence-corrected chi connectivity index (χ1v) is 4.53. The van der Waals surface area contributed by atoms with Crippen LogP contribution >= 0.6 is 0 Å². The second-order valence-corrected chi connectivity index (χ2v) is 4.24. The molecule has 12 heavy (non-hydrogen) atoms. The minimum atomic E-state index is -0.219. The van der Waals surface area contributed by atoms with Crippen LogP contribution in [0.2, 0.25) is 0 Å². The van der Waals surface area contributed by atoms with Crippen molar-refractivity contribution in [3.8, 4) is 0 Å². The Labute approximate surface area is 73.7 Å². The number of amides is 1. The number of hydrogen-bond acceptors (Lipinski definition) is 2. The third-order valence-corrected chi connectivity index (χ3v) is 2.59. The molecule has 1 aliphatic carbocycles. The van der Waals surface area contributed by atoms with Crippen LogP contribution in [0.25, 0.3) is 0 Å². The van der Waals surface area contributed by atoms with Crippen molar-refractivity contribution in [2.24, 2.45) is 17.1 Å². The lowest BCUT2D eigenvalue weighted by Gasteiger charge is -2.12. The van der Waals surface area contributed by atoms with Gasteiger partial charge in [-0.1, -0.05) is 13.8 Å². The molecule has 3 nitrogen and oxygen atoms in total. The van der Waals surface area contributed by atoms with E-state index in [0.717, 1.165) is 6.54 Å². The molecule has 0 saturated heterocycles. The molecule has 0 spiro atoms. The van der Waals surface area contributed by atoms with Gasteiger partial charge in [0.1, 0.15) is 0 Å². The van der Waals surface area contributed by atoms with Crippen LogP contribution in [0, 0.1) is 11.3 Å². The number of nitrogens with one attached hydrogen (secondary N) is 1. The molecule has 1 fully saturated rings. The number of carbonyl (C=O) groups excluding carboxylic acids is 1. The zero-order valence-corrected chi connectivity index (χ0v) is 7.89. The minimum Gasteiger partial charge on any atom is -0.369 e. The van der Waals surface area contributed by atoms with Gasteiger partial charge < -0.3 is 11.1 Å². The van der Waals surface area contributed by atoms with E-state index in [-0.39, 0.29) is 11.8 Å². The molecule has 0 radical (unpaired) electrons. The Hall–Kier alpha value is -0.570. The van der Waals surface area contributed by atoms with Crippen molar-refractivity contribution in [2.45, 2.75) is 26.7 Å². The average molecular weight is 170 g/mol. The van der Waals surface area contributed by atoms with Gasteiger partial charge in [-0.05, 0) is 18.3 Å². The summed E-state index contributed by atoms with van der Waals surface area (Å²) in [5.41, 5.74) is 5.63. The van der Waals surface area contributed by atoms with Gasteiger partial charge in [-0.3, -0.25) is 4.79 Å². The first-order chi connectivity index (χ1) is 5.53. The van der Waals surface area contributed by atoms with Gasteiger partial charge in [-0.15, -0.1) is 0 Å². The van der Waals surface area contributed by atoms with E-state index in [1.54, 1.807) is 0 Å². The van der Waals surface area contributed by atoms with E-state index in [1.165, 1.54) is 12.8 Å². The van der Waals surface area contributed by atoms with Gasteiger partial charge in [-0.25, -0.2) is 0 Å². The van der Waals surface area contributed by atoms with Crippen LogP contribution in [0.15, 0.2) is 0 Å². The van der Waals surface area contributed by atoms with Gasteiger partial charge in [0.2, 0.25) is 5.91 Å². The van der Waals surface area contributed by atoms with Crippen LogP contribution in [-0.4, -0.2) is 19.0 Å². The normalized spacial score (nSPS) is 21.8. The highest BCUT2D eigenvalue weighted by Crippen LogP contribution is 2.43. The van der Waals surface area contributed by atoms with E-state index in [0.29, 0.717) is 12.0 Å². The molecule has 0 heterocycles.